The van der Waals surface area contributed by atoms with Crippen LogP contribution in [0.1, 0.15) is 44.1 Å². The molecular weight excluding hydrogens is 264 g/mol. The maximum Gasteiger partial charge on any atom is 0.252 e. The number of hydrogen-bond donors (Lipinski definition) is 2. The molecule has 1 aromatic carbocycles. The molecule has 0 saturated carbocycles. The molecular formula is C16H22N4O. The summed E-state index contributed by atoms with van der Waals surface area (Å²) in [6, 6.07) is 9.35. The number of benzene rings is 1. The van der Waals surface area contributed by atoms with Gasteiger partial charge in [-0.25, -0.2) is 4.98 Å². The van der Waals surface area contributed by atoms with E-state index in [2.05, 4.69) is 16.9 Å². The zero-order valence-corrected chi connectivity index (χ0v) is 12.9. The average Bonchev–Trinajstić information content (AvgIpc) is 2.45. The number of nitrogens with one attached hydrogen (secondary N) is 1. The highest BCUT2D eigenvalue weighted by Gasteiger charge is 2.15. The van der Waals surface area contributed by atoms with Crippen molar-refractivity contribution in [1.82, 2.24) is 9.97 Å². The van der Waals surface area contributed by atoms with Gasteiger partial charge in [-0.3, -0.25) is 4.79 Å². The lowest BCUT2D eigenvalue weighted by Gasteiger charge is -2.27. The molecule has 112 valence electrons. The fourth-order valence-corrected chi connectivity index (χ4v) is 2.16. The van der Waals surface area contributed by atoms with E-state index in [1.807, 2.05) is 50.1 Å². The fraction of sp³-hybridized carbons (Fsp3) is 0.375. The van der Waals surface area contributed by atoms with Gasteiger partial charge in [-0.05, 0) is 24.6 Å². The van der Waals surface area contributed by atoms with E-state index in [9.17, 15) is 4.79 Å². The van der Waals surface area contributed by atoms with Crippen LogP contribution >= 0.6 is 0 Å². The fourth-order valence-electron chi connectivity index (χ4n) is 2.16. The zero-order chi connectivity index (χ0) is 15.6. The highest BCUT2D eigenvalue weighted by molar-refractivity contribution is 5.46. The van der Waals surface area contributed by atoms with Crippen molar-refractivity contribution in [1.29, 1.82) is 0 Å². The molecule has 0 saturated heterocycles. The van der Waals surface area contributed by atoms with Crippen LogP contribution in [0.2, 0.25) is 0 Å². The van der Waals surface area contributed by atoms with Crippen molar-refractivity contribution in [2.75, 3.05) is 17.7 Å². The molecule has 2 aromatic rings. The molecule has 0 aliphatic carbocycles. The minimum absolute atomic E-state index is 0.0720. The minimum Gasteiger partial charge on any atom is -0.399 e. The van der Waals surface area contributed by atoms with Gasteiger partial charge in [-0.2, -0.15) is 0 Å². The second-order valence-electron chi connectivity index (χ2n) is 5.60. The van der Waals surface area contributed by atoms with Crippen LogP contribution in [0.4, 0.5) is 11.5 Å². The summed E-state index contributed by atoms with van der Waals surface area (Å²) in [6.07, 6.45) is 0. The summed E-state index contributed by atoms with van der Waals surface area (Å²) in [5.74, 6) is 1.54. The van der Waals surface area contributed by atoms with Gasteiger partial charge in [0.1, 0.15) is 11.6 Å². The highest BCUT2D eigenvalue weighted by Crippen LogP contribution is 2.24. The van der Waals surface area contributed by atoms with Gasteiger partial charge in [0.2, 0.25) is 0 Å². The first-order chi connectivity index (χ1) is 9.88. The Bertz CT molecular complexity index is 678. The number of H-pyrrole nitrogens is 1. The normalized spacial score (nSPS) is 12.4. The predicted molar refractivity (Wildman–Crippen MR) is 86.6 cm³/mol. The van der Waals surface area contributed by atoms with E-state index in [1.54, 1.807) is 0 Å². The van der Waals surface area contributed by atoms with E-state index in [4.69, 9.17) is 5.73 Å². The molecule has 0 fully saturated rings. The molecule has 1 atom stereocenters. The topological polar surface area (TPSA) is 75.0 Å². The molecule has 0 aliphatic rings. The van der Waals surface area contributed by atoms with Crippen LogP contribution in [0.5, 0.6) is 0 Å². The van der Waals surface area contributed by atoms with E-state index in [-0.39, 0.29) is 17.5 Å². The Morgan fingerprint density at radius 2 is 1.95 bits per heavy atom. The van der Waals surface area contributed by atoms with Gasteiger partial charge in [0, 0.05) is 24.7 Å². The molecule has 2 rings (SSSR count). The third-order valence-corrected chi connectivity index (χ3v) is 3.63. The Morgan fingerprint density at radius 1 is 1.24 bits per heavy atom. The molecule has 21 heavy (non-hydrogen) atoms. The van der Waals surface area contributed by atoms with Crippen molar-refractivity contribution in [2.24, 2.45) is 0 Å². The molecule has 0 amide bonds. The minimum atomic E-state index is -0.129. The number of nitrogens with two attached hydrogens (primary N) is 1. The molecule has 0 spiro atoms. The molecule has 3 N–H and O–H groups in total. The number of nitrogen functional groups attached to an aromatic ring is 1. The first kappa shape index (κ1) is 15.1. The zero-order valence-electron chi connectivity index (χ0n) is 12.9. The summed E-state index contributed by atoms with van der Waals surface area (Å²) in [6.45, 7) is 6.07. The average molecular weight is 286 g/mol. The van der Waals surface area contributed by atoms with Crippen molar-refractivity contribution >= 4 is 11.5 Å². The molecule has 1 unspecified atom stereocenters. The number of hydrogen-bond acceptors (Lipinski definition) is 4. The lowest BCUT2D eigenvalue weighted by molar-refractivity contribution is 0.705. The third kappa shape index (κ3) is 3.42. The molecule has 1 aromatic heterocycles. The Labute approximate surface area is 124 Å². The first-order valence-electron chi connectivity index (χ1n) is 7.08. The van der Waals surface area contributed by atoms with Crippen molar-refractivity contribution < 1.29 is 0 Å². The molecule has 5 heteroatoms. The Morgan fingerprint density at radius 3 is 2.57 bits per heavy atom. The summed E-state index contributed by atoms with van der Waals surface area (Å²) in [4.78, 5) is 21.1. The van der Waals surface area contributed by atoms with Crippen LogP contribution in [-0.2, 0) is 0 Å². The van der Waals surface area contributed by atoms with Crippen LogP contribution in [-0.4, -0.2) is 17.0 Å². The quantitative estimate of drug-likeness (QED) is 0.847. The standard InChI is InChI=1S/C16H22N4O/c1-10(2)16-18-14(9-15(21)19-16)20(4)11(3)12-6-5-7-13(17)8-12/h5-11H,17H2,1-4H3,(H,18,19,21). The van der Waals surface area contributed by atoms with Gasteiger partial charge in [-0.1, -0.05) is 26.0 Å². The third-order valence-electron chi connectivity index (χ3n) is 3.63. The highest BCUT2D eigenvalue weighted by atomic mass is 16.1. The van der Waals surface area contributed by atoms with Crippen LogP contribution in [0.3, 0.4) is 0 Å². The number of anilines is 2. The number of aromatic nitrogens is 2. The van der Waals surface area contributed by atoms with Crippen LogP contribution in [0.25, 0.3) is 0 Å². The Balaban J connectivity index is 2.35. The van der Waals surface area contributed by atoms with E-state index in [1.165, 1.54) is 6.07 Å². The maximum absolute atomic E-state index is 11.8. The molecule has 5 nitrogen and oxygen atoms in total. The van der Waals surface area contributed by atoms with Crippen molar-refractivity contribution in [3.05, 3.63) is 52.1 Å². The lowest BCUT2D eigenvalue weighted by Crippen LogP contribution is -2.25. The monoisotopic (exact) mass is 286 g/mol. The number of aromatic amines is 1. The summed E-state index contributed by atoms with van der Waals surface area (Å²) in [7, 11) is 1.93. The summed E-state index contributed by atoms with van der Waals surface area (Å²) in [5.41, 5.74) is 7.52. The Kier molecular flexibility index (Phi) is 4.31. The summed E-state index contributed by atoms with van der Waals surface area (Å²) in [5, 5.41) is 0. The molecule has 1 heterocycles. The van der Waals surface area contributed by atoms with Crippen molar-refractivity contribution in [2.45, 2.75) is 32.7 Å². The van der Waals surface area contributed by atoms with Gasteiger partial charge >= 0.3 is 0 Å². The lowest BCUT2D eigenvalue weighted by atomic mass is 10.1. The summed E-state index contributed by atoms with van der Waals surface area (Å²) >= 11 is 0. The molecule has 0 bridgehead atoms. The van der Waals surface area contributed by atoms with Crippen molar-refractivity contribution in [3.63, 3.8) is 0 Å². The molecule has 0 aliphatic heterocycles. The number of nitrogens with zero attached hydrogens (tertiary/aromatic N) is 2. The van der Waals surface area contributed by atoms with Gasteiger partial charge in [0.15, 0.2) is 0 Å². The second-order valence-corrected chi connectivity index (χ2v) is 5.60. The smallest absolute Gasteiger partial charge is 0.252 e. The predicted octanol–water partition coefficient (Wildman–Crippen LogP) is 2.67. The van der Waals surface area contributed by atoms with Gasteiger partial charge in [0.05, 0.1) is 6.04 Å². The summed E-state index contributed by atoms with van der Waals surface area (Å²) < 4.78 is 0. The van der Waals surface area contributed by atoms with Crippen LogP contribution in [0.15, 0.2) is 35.1 Å². The van der Waals surface area contributed by atoms with E-state index >= 15 is 0 Å². The molecule has 0 radical (unpaired) electrons. The van der Waals surface area contributed by atoms with E-state index in [0.717, 1.165) is 11.3 Å². The maximum atomic E-state index is 11.8. The first-order valence-corrected chi connectivity index (χ1v) is 7.08. The Hall–Kier alpha value is -2.30. The van der Waals surface area contributed by atoms with Crippen LogP contribution in [0, 0.1) is 0 Å². The van der Waals surface area contributed by atoms with E-state index < -0.39 is 0 Å². The van der Waals surface area contributed by atoms with Gasteiger partial charge in [-0.15, -0.1) is 0 Å². The van der Waals surface area contributed by atoms with E-state index in [0.29, 0.717) is 11.6 Å². The second kappa shape index (κ2) is 5.99. The largest absolute Gasteiger partial charge is 0.399 e. The SMILES string of the molecule is CC(C)c1nc(N(C)C(C)c2cccc(N)c2)cc(=O)[nH]1. The van der Waals surface area contributed by atoms with Crippen LogP contribution < -0.4 is 16.2 Å². The van der Waals surface area contributed by atoms with Gasteiger partial charge < -0.3 is 15.6 Å². The van der Waals surface area contributed by atoms with Crippen molar-refractivity contribution in [3.8, 4) is 0 Å². The van der Waals surface area contributed by atoms with Gasteiger partial charge in [0.25, 0.3) is 5.56 Å². The number of rotatable bonds is 4.